The highest BCUT2D eigenvalue weighted by atomic mass is 32.1. The average Bonchev–Trinajstić information content (AvgIpc) is 2.29. The molecule has 1 aromatic rings. The molecule has 80 valence electrons. The van der Waals surface area contributed by atoms with Gasteiger partial charge in [-0.1, -0.05) is 31.1 Å². The third kappa shape index (κ3) is 2.64. The summed E-state index contributed by atoms with van der Waals surface area (Å²) < 4.78 is 2.35. The van der Waals surface area contributed by atoms with E-state index < -0.39 is 0 Å². The lowest BCUT2D eigenvalue weighted by molar-refractivity contribution is 0.193. The van der Waals surface area contributed by atoms with Crippen molar-refractivity contribution in [3.8, 4) is 0 Å². The van der Waals surface area contributed by atoms with Crippen LogP contribution in [0.1, 0.15) is 41.0 Å². The van der Waals surface area contributed by atoms with Crippen molar-refractivity contribution in [2.75, 3.05) is 0 Å². The Balaban J connectivity index is 2.97. The Morgan fingerprint density at radius 3 is 2.21 bits per heavy atom. The average molecular weight is 214 g/mol. The van der Waals surface area contributed by atoms with E-state index in [0.717, 1.165) is 6.42 Å². The summed E-state index contributed by atoms with van der Waals surface area (Å²) in [5, 5.41) is 10.3. The molecule has 5 heteroatoms. The first-order valence-electron chi connectivity index (χ1n) is 4.73. The van der Waals surface area contributed by atoms with Crippen LogP contribution in [-0.4, -0.2) is 20.2 Å². The number of rotatable bonds is 2. The largest absolute Gasteiger partial charge is 0.238 e. The molecule has 0 aromatic carbocycles. The van der Waals surface area contributed by atoms with E-state index in [1.165, 1.54) is 0 Å². The number of hydrogen-bond donors (Lipinski definition) is 1. The first kappa shape index (κ1) is 11.4. The number of aromatic amines is 1. The van der Waals surface area contributed by atoms with Gasteiger partial charge in [0, 0.05) is 0 Å². The summed E-state index contributed by atoms with van der Waals surface area (Å²) in [4.78, 5) is 0. The third-order valence-corrected chi connectivity index (χ3v) is 2.30. The summed E-state index contributed by atoms with van der Waals surface area (Å²) in [5.41, 5.74) is 0.183. The van der Waals surface area contributed by atoms with E-state index in [2.05, 4.69) is 50.1 Å². The normalized spacial score (nSPS) is 13.2. The smallest absolute Gasteiger partial charge is 0.237 e. The lowest BCUT2D eigenvalue weighted by Gasteiger charge is -2.32. The van der Waals surface area contributed by atoms with E-state index in [-0.39, 0.29) is 11.0 Å². The van der Waals surface area contributed by atoms with Crippen LogP contribution in [-0.2, 0) is 5.54 Å². The van der Waals surface area contributed by atoms with Crippen molar-refractivity contribution in [1.29, 1.82) is 0 Å². The Kier molecular flexibility index (Phi) is 2.81. The van der Waals surface area contributed by atoms with Crippen LogP contribution in [0.25, 0.3) is 0 Å². The molecule has 0 aliphatic carbocycles. The predicted molar refractivity (Wildman–Crippen MR) is 58.6 cm³/mol. The van der Waals surface area contributed by atoms with Gasteiger partial charge in [0.1, 0.15) is 0 Å². The summed E-state index contributed by atoms with van der Waals surface area (Å²) >= 11 is 5.08. The van der Waals surface area contributed by atoms with Gasteiger partial charge in [0.05, 0.1) is 5.54 Å². The molecule has 0 aliphatic heterocycles. The van der Waals surface area contributed by atoms with Crippen LogP contribution in [0.15, 0.2) is 0 Å². The second kappa shape index (κ2) is 3.46. The van der Waals surface area contributed by atoms with Crippen LogP contribution in [0.4, 0.5) is 0 Å². The molecule has 0 saturated heterocycles. The molecule has 1 N–H and O–H groups in total. The molecule has 0 saturated carbocycles. The van der Waals surface area contributed by atoms with Crippen molar-refractivity contribution < 1.29 is 0 Å². The Labute approximate surface area is 89.7 Å². The van der Waals surface area contributed by atoms with Gasteiger partial charge < -0.3 is 0 Å². The summed E-state index contributed by atoms with van der Waals surface area (Å²) in [7, 11) is 0. The molecule has 14 heavy (non-hydrogen) atoms. The minimum absolute atomic E-state index is 0.0706. The van der Waals surface area contributed by atoms with E-state index in [1.54, 1.807) is 0 Å². The molecule has 0 atom stereocenters. The molecule has 0 fully saturated rings. The molecule has 4 nitrogen and oxygen atoms in total. The number of tetrazole rings is 1. The molecule has 1 aromatic heterocycles. The number of nitrogens with one attached hydrogen (secondary N) is 1. The van der Waals surface area contributed by atoms with E-state index in [0.29, 0.717) is 4.77 Å². The van der Waals surface area contributed by atoms with Gasteiger partial charge in [0.2, 0.25) is 4.77 Å². The monoisotopic (exact) mass is 214 g/mol. The van der Waals surface area contributed by atoms with Gasteiger partial charge in [0.25, 0.3) is 0 Å². The zero-order valence-electron chi connectivity index (χ0n) is 9.46. The minimum atomic E-state index is -0.0706. The van der Waals surface area contributed by atoms with Gasteiger partial charge in [0.15, 0.2) is 0 Å². The van der Waals surface area contributed by atoms with Crippen LogP contribution >= 0.6 is 12.2 Å². The van der Waals surface area contributed by atoms with Crippen LogP contribution in [0.3, 0.4) is 0 Å². The summed E-state index contributed by atoms with van der Waals surface area (Å²) in [6, 6.07) is 0. The SMILES string of the molecule is CC(C)(C)CC(C)(C)n1[nH]nnc1=S. The van der Waals surface area contributed by atoms with E-state index >= 15 is 0 Å². The fourth-order valence-electron chi connectivity index (χ4n) is 1.97. The Morgan fingerprint density at radius 2 is 1.86 bits per heavy atom. The van der Waals surface area contributed by atoms with Crippen LogP contribution in [0.2, 0.25) is 0 Å². The quantitative estimate of drug-likeness (QED) is 0.769. The molecule has 0 spiro atoms. The zero-order valence-corrected chi connectivity index (χ0v) is 10.3. The zero-order chi connectivity index (χ0) is 11.0. The molecular formula is C9H18N4S. The van der Waals surface area contributed by atoms with Crippen molar-refractivity contribution in [3.63, 3.8) is 0 Å². The molecule has 0 unspecified atom stereocenters. The fourth-order valence-corrected chi connectivity index (χ4v) is 2.30. The first-order valence-corrected chi connectivity index (χ1v) is 5.14. The highest BCUT2D eigenvalue weighted by molar-refractivity contribution is 7.71. The van der Waals surface area contributed by atoms with Gasteiger partial charge in [-0.25, -0.2) is 4.68 Å². The lowest BCUT2D eigenvalue weighted by Crippen LogP contribution is -2.32. The van der Waals surface area contributed by atoms with Gasteiger partial charge in [-0.2, -0.15) is 5.21 Å². The van der Waals surface area contributed by atoms with Gasteiger partial charge in [-0.05, 0) is 37.9 Å². The molecule has 0 radical (unpaired) electrons. The van der Waals surface area contributed by atoms with Crippen molar-refractivity contribution in [3.05, 3.63) is 4.77 Å². The maximum Gasteiger partial charge on any atom is 0.238 e. The standard InChI is InChI=1S/C9H18N4S/c1-8(2,3)6-9(4,5)13-7(14)10-11-12-13/h6H2,1-5H3,(H,10,12,14). The highest BCUT2D eigenvalue weighted by Crippen LogP contribution is 2.31. The van der Waals surface area contributed by atoms with Crippen molar-refractivity contribution >= 4 is 12.2 Å². The Hall–Kier alpha value is -0.710. The molecule has 0 aliphatic rings. The van der Waals surface area contributed by atoms with Crippen molar-refractivity contribution in [2.45, 2.75) is 46.6 Å². The molecule has 1 rings (SSSR count). The highest BCUT2D eigenvalue weighted by Gasteiger charge is 2.28. The van der Waals surface area contributed by atoms with Crippen LogP contribution in [0.5, 0.6) is 0 Å². The summed E-state index contributed by atoms with van der Waals surface area (Å²) in [6.45, 7) is 10.9. The van der Waals surface area contributed by atoms with Crippen LogP contribution < -0.4 is 0 Å². The predicted octanol–water partition coefficient (Wildman–Crippen LogP) is 2.51. The van der Waals surface area contributed by atoms with Gasteiger partial charge in [-0.15, -0.1) is 0 Å². The molecule has 0 bridgehead atoms. The Bertz CT molecular complexity index is 355. The van der Waals surface area contributed by atoms with Crippen LogP contribution in [0, 0.1) is 10.2 Å². The van der Waals surface area contributed by atoms with Crippen molar-refractivity contribution in [1.82, 2.24) is 20.2 Å². The minimum Gasteiger partial charge on any atom is -0.237 e. The number of nitrogens with zero attached hydrogens (tertiary/aromatic N) is 3. The second-order valence-corrected chi connectivity index (χ2v) is 5.83. The topological polar surface area (TPSA) is 46.5 Å². The van der Waals surface area contributed by atoms with Crippen molar-refractivity contribution in [2.24, 2.45) is 5.41 Å². The van der Waals surface area contributed by atoms with Gasteiger partial charge >= 0.3 is 0 Å². The lowest BCUT2D eigenvalue weighted by atomic mass is 9.82. The van der Waals surface area contributed by atoms with E-state index in [1.807, 2.05) is 4.68 Å². The third-order valence-electron chi connectivity index (χ3n) is 2.04. The molecule has 0 amide bonds. The number of hydrogen-bond acceptors (Lipinski definition) is 3. The fraction of sp³-hybridized carbons (Fsp3) is 0.889. The number of H-pyrrole nitrogens is 1. The second-order valence-electron chi connectivity index (χ2n) is 5.47. The maximum atomic E-state index is 5.08. The van der Waals surface area contributed by atoms with E-state index in [4.69, 9.17) is 12.2 Å². The maximum absolute atomic E-state index is 5.08. The first-order chi connectivity index (χ1) is 6.22. The summed E-state index contributed by atoms with van der Waals surface area (Å²) in [6.07, 6.45) is 1.01. The van der Waals surface area contributed by atoms with E-state index in [9.17, 15) is 0 Å². The number of aromatic nitrogens is 4. The Morgan fingerprint density at radius 1 is 1.29 bits per heavy atom. The molecule has 1 heterocycles. The van der Waals surface area contributed by atoms with Gasteiger partial charge in [-0.3, -0.25) is 0 Å². The molecular weight excluding hydrogens is 196 g/mol. The summed E-state index contributed by atoms with van der Waals surface area (Å²) in [5.74, 6) is 0.